The van der Waals surface area contributed by atoms with Crippen molar-refractivity contribution in [2.75, 3.05) is 18.4 Å². The first-order chi connectivity index (χ1) is 11.1. The SMILES string of the molecule is NC(=O)Nc1ccc(C(=O)N2C[C@@H](C(F)(F)F)[C@H](C(=O)O)C2)cc1. The zero-order chi connectivity index (χ0) is 18.1. The highest BCUT2D eigenvalue weighted by atomic mass is 19.4. The van der Waals surface area contributed by atoms with Crippen LogP contribution >= 0.6 is 0 Å². The lowest BCUT2D eigenvalue weighted by atomic mass is 9.96. The standard InChI is InChI=1S/C14H14F3N3O4/c15-14(16,17)10-6-20(5-9(10)12(22)23)11(21)7-1-3-8(4-2-7)19-13(18)24/h1-4,9-10H,5-6H2,(H,22,23)(H3,18,19,24)/t9-,10-/m1/s1. The second-order valence-corrected chi connectivity index (χ2v) is 5.37. The summed E-state index contributed by atoms with van der Waals surface area (Å²) in [6.45, 7) is -1.22. The van der Waals surface area contributed by atoms with E-state index in [0.29, 0.717) is 5.69 Å². The van der Waals surface area contributed by atoms with Gasteiger partial charge >= 0.3 is 18.2 Å². The Hall–Kier alpha value is -2.78. The van der Waals surface area contributed by atoms with Crippen molar-refractivity contribution < 1.29 is 32.7 Å². The lowest BCUT2D eigenvalue weighted by molar-refractivity contribution is -0.187. The molecule has 0 aliphatic carbocycles. The molecular formula is C14H14F3N3O4. The number of nitrogens with one attached hydrogen (secondary N) is 1. The number of carbonyl (C=O) groups is 3. The molecule has 1 aliphatic heterocycles. The van der Waals surface area contributed by atoms with E-state index in [1.807, 2.05) is 0 Å². The van der Waals surface area contributed by atoms with Gasteiger partial charge in [-0.05, 0) is 24.3 Å². The average molecular weight is 345 g/mol. The molecule has 24 heavy (non-hydrogen) atoms. The third-order valence-electron chi connectivity index (χ3n) is 3.74. The third kappa shape index (κ3) is 3.76. The Balaban J connectivity index is 2.15. The number of nitrogens with zero attached hydrogens (tertiary/aromatic N) is 1. The summed E-state index contributed by atoms with van der Waals surface area (Å²) >= 11 is 0. The van der Waals surface area contributed by atoms with Crippen LogP contribution in [-0.4, -0.2) is 47.2 Å². The maximum absolute atomic E-state index is 12.9. The molecule has 3 amide bonds. The summed E-state index contributed by atoms with van der Waals surface area (Å²) in [6, 6.07) is 4.55. The number of hydrogen-bond acceptors (Lipinski definition) is 3. The van der Waals surface area contributed by atoms with Crippen molar-refractivity contribution in [3.63, 3.8) is 0 Å². The molecule has 4 N–H and O–H groups in total. The van der Waals surface area contributed by atoms with Gasteiger partial charge < -0.3 is 21.1 Å². The summed E-state index contributed by atoms with van der Waals surface area (Å²) in [5.74, 6) is -6.09. The summed E-state index contributed by atoms with van der Waals surface area (Å²) in [4.78, 5) is 34.9. The predicted molar refractivity (Wildman–Crippen MR) is 76.2 cm³/mol. The van der Waals surface area contributed by atoms with Crippen LogP contribution in [0.3, 0.4) is 0 Å². The van der Waals surface area contributed by atoms with E-state index in [9.17, 15) is 27.6 Å². The quantitative estimate of drug-likeness (QED) is 0.771. The minimum atomic E-state index is -4.70. The van der Waals surface area contributed by atoms with Crippen molar-refractivity contribution in [1.29, 1.82) is 0 Å². The van der Waals surface area contributed by atoms with Crippen LogP contribution in [0.1, 0.15) is 10.4 Å². The zero-order valence-corrected chi connectivity index (χ0v) is 12.2. The fourth-order valence-electron chi connectivity index (χ4n) is 2.57. The van der Waals surface area contributed by atoms with Crippen LogP contribution < -0.4 is 11.1 Å². The van der Waals surface area contributed by atoms with Crippen LogP contribution in [0.25, 0.3) is 0 Å². The number of hydrogen-bond donors (Lipinski definition) is 3. The van der Waals surface area contributed by atoms with Gasteiger partial charge in [-0.1, -0.05) is 0 Å². The molecule has 0 spiro atoms. The molecule has 1 fully saturated rings. The maximum atomic E-state index is 12.9. The molecule has 0 unspecified atom stereocenters. The number of amides is 3. The van der Waals surface area contributed by atoms with Crippen LogP contribution in [-0.2, 0) is 4.79 Å². The van der Waals surface area contributed by atoms with Crippen LogP contribution in [0.2, 0.25) is 0 Å². The first-order valence-electron chi connectivity index (χ1n) is 6.85. The minimum absolute atomic E-state index is 0.0805. The lowest BCUT2D eigenvalue weighted by Gasteiger charge is -2.18. The van der Waals surface area contributed by atoms with Gasteiger partial charge in [-0.2, -0.15) is 13.2 Å². The Morgan fingerprint density at radius 2 is 1.75 bits per heavy atom. The highest BCUT2D eigenvalue weighted by Crippen LogP contribution is 2.38. The molecule has 2 rings (SSSR count). The number of benzene rings is 1. The highest BCUT2D eigenvalue weighted by molar-refractivity contribution is 5.96. The van der Waals surface area contributed by atoms with E-state index in [4.69, 9.17) is 10.8 Å². The minimum Gasteiger partial charge on any atom is -0.481 e. The zero-order valence-electron chi connectivity index (χ0n) is 12.2. The molecule has 0 aromatic heterocycles. The molecule has 1 saturated heterocycles. The lowest BCUT2D eigenvalue weighted by Crippen LogP contribution is -2.34. The molecule has 1 heterocycles. The first kappa shape index (κ1) is 17.6. The number of nitrogens with two attached hydrogens (primary N) is 1. The molecule has 7 nitrogen and oxygen atoms in total. The number of halogens is 3. The van der Waals surface area contributed by atoms with Gasteiger partial charge in [0.1, 0.15) is 0 Å². The molecule has 10 heteroatoms. The molecule has 1 aliphatic rings. The summed E-state index contributed by atoms with van der Waals surface area (Å²) in [7, 11) is 0. The van der Waals surface area contributed by atoms with Crippen LogP contribution in [0.4, 0.5) is 23.7 Å². The molecule has 2 atom stereocenters. The van der Waals surface area contributed by atoms with E-state index in [-0.39, 0.29) is 5.56 Å². The number of carbonyl (C=O) groups excluding carboxylic acids is 2. The van der Waals surface area contributed by atoms with E-state index in [0.717, 1.165) is 4.90 Å². The van der Waals surface area contributed by atoms with Gasteiger partial charge in [0.15, 0.2) is 0 Å². The number of anilines is 1. The van der Waals surface area contributed by atoms with Gasteiger partial charge in [-0.15, -0.1) is 0 Å². The summed E-state index contributed by atoms with van der Waals surface area (Å²) < 4.78 is 38.8. The first-order valence-corrected chi connectivity index (χ1v) is 6.85. The summed E-state index contributed by atoms with van der Waals surface area (Å²) in [5, 5.41) is 11.2. The topological polar surface area (TPSA) is 113 Å². The average Bonchev–Trinajstić information content (AvgIpc) is 2.92. The Bertz CT molecular complexity index is 660. The van der Waals surface area contributed by atoms with Gasteiger partial charge in [0, 0.05) is 24.3 Å². The number of carboxylic acids is 1. The Morgan fingerprint density at radius 3 is 2.17 bits per heavy atom. The van der Waals surface area contributed by atoms with E-state index in [2.05, 4.69) is 5.32 Å². The highest BCUT2D eigenvalue weighted by Gasteiger charge is 2.53. The number of aliphatic carboxylic acids is 1. The fourth-order valence-corrected chi connectivity index (χ4v) is 2.57. The van der Waals surface area contributed by atoms with Crippen molar-refractivity contribution in [2.45, 2.75) is 6.18 Å². The molecule has 1 aromatic carbocycles. The molecule has 0 bridgehead atoms. The monoisotopic (exact) mass is 345 g/mol. The summed E-state index contributed by atoms with van der Waals surface area (Å²) in [5.41, 5.74) is 5.33. The van der Waals surface area contributed by atoms with Crippen molar-refractivity contribution in [2.24, 2.45) is 17.6 Å². The van der Waals surface area contributed by atoms with E-state index >= 15 is 0 Å². The number of carboxylic acid groups (broad SMARTS) is 1. The fraction of sp³-hybridized carbons (Fsp3) is 0.357. The Kier molecular flexibility index (Phi) is 4.67. The van der Waals surface area contributed by atoms with Crippen molar-refractivity contribution in [1.82, 2.24) is 4.90 Å². The number of primary amides is 1. The van der Waals surface area contributed by atoms with Gasteiger partial charge in [0.05, 0.1) is 11.8 Å². The van der Waals surface area contributed by atoms with Crippen LogP contribution in [0, 0.1) is 11.8 Å². The van der Waals surface area contributed by atoms with E-state index in [1.165, 1.54) is 24.3 Å². The number of alkyl halides is 3. The van der Waals surface area contributed by atoms with Crippen LogP contribution in [0.5, 0.6) is 0 Å². The van der Waals surface area contributed by atoms with Crippen molar-refractivity contribution in [3.05, 3.63) is 29.8 Å². The normalized spacial score (nSPS) is 20.7. The van der Waals surface area contributed by atoms with Crippen molar-refractivity contribution >= 4 is 23.6 Å². The van der Waals surface area contributed by atoms with Gasteiger partial charge in [0.2, 0.25) is 0 Å². The molecule has 0 radical (unpaired) electrons. The largest absolute Gasteiger partial charge is 0.481 e. The molecule has 0 saturated carbocycles. The molecule has 130 valence electrons. The smallest absolute Gasteiger partial charge is 0.394 e. The van der Waals surface area contributed by atoms with Gasteiger partial charge in [-0.3, -0.25) is 9.59 Å². The summed E-state index contributed by atoms with van der Waals surface area (Å²) in [6.07, 6.45) is -4.70. The molecular weight excluding hydrogens is 331 g/mol. The maximum Gasteiger partial charge on any atom is 0.394 e. The van der Waals surface area contributed by atoms with Crippen molar-refractivity contribution in [3.8, 4) is 0 Å². The van der Waals surface area contributed by atoms with Gasteiger partial charge in [0.25, 0.3) is 5.91 Å². The number of likely N-dealkylation sites (tertiary alicyclic amines) is 1. The number of urea groups is 1. The number of rotatable bonds is 3. The second kappa shape index (κ2) is 6.38. The van der Waals surface area contributed by atoms with E-state index < -0.39 is 49.0 Å². The predicted octanol–water partition coefficient (Wildman–Crippen LogP) is 1.51. The third-order valence-corrected chi connectivity index (χ3v) is 3.74. The Labute approximate surface area is 134 Å². The molecule has 1 aromatic rings. The van der Waals surface area contributed by atoms with E-state index in [1.54, 1.807) is 0 Å². The van der Waals surface area contributed by atoms with Gasteiger partial charge in [-0.25, -0.2) is 4.79 Å². The van der Waals surface area contributed by atoms with Crippen LogP contribution in [0.15, 0.2) is 24.3 Å². The second-order valence-electron chi connectivity index (χ2n) is 5.37. The Morgan fingerprint density at radius 1 is 1.17 bits per heavy atom.